The zero-order valence-electron chi connectivity index (χ0n) is 12.4. The van der Waals surface area contributed by atoms with Gasteiger partial charge in [-0.25, -0.2) is 4.98 Å². The topological polar surface area (TPSA) is 55.0 Å². The van der Waals surface area contributed by atoms with E-state index in [9.17, 15) is 4.79 Å². The fourth-order valence-electron chi connectivity index (χ4n) is 2.03. The molecule has 0 aliphatic carbocycles. The summed E-state index contributed by atoms with van der Waals surface area (Å²) in [6.45, 7) is 8.32. The lowest BCUT2D eigenvalue weighted by atomic mass is 10.1. The second-order valence-corrected chi connectivity index (χ2v) is 5.01. The van der Waals surface area contributed by atoms with E-state index < -0.39 is 0 Å². The van der Waals surface area contributed by atoms with Crippen LogP contribution in [0.15, 0.2) is 29.1 Å². The van der Waals surface area contributed by atoms with Crippen molar-refractivity contribution in [3.05, 3.63) is 46.0 Å². The van der Waals surface area contributed by atoms with Crippen molar-refractivity contribution < 1.29 is 4.74 Å². The predicted molar refractivity (Wildman–Crippen MR) is 80.3 cm³/mol. The molecule has 2 rings (SSSR count). The highest BCUT2D eigenvalue weighted by Crippen LogP contribution is 2.30. The number of aromatic amines is 1. The fraction of sp³-hybridized carbons (Fsp3) is 0.375. The van der Waals surface area contributed by atoms with Crippen LogP contribution in [0.25, 0.3) is 11.3 Å². The van der Waals surface area contributed by atoms with Crippen molar-refractivity contribution in [2.45, 2.75) is 33.6 Å². The minimum absolute atomic E-state index is 0.0926. The van der Waals surface area contributed by atoms with Crippen LogP contribution >= 0.6 is 0 Å². The van der Waals surface area contributed by atoms with E-state index in [1.807, 2.05) is 45.0 Å². The molecule has 0 saturated carbocycles. The molecular weight excluding hydrogens is 252 g/mol. The number of benzene rings is 1. The quantitative estimate of drug-likeness (QED) is 0.929. The second-order valence-electron chi connectivity index (χ2n) is 5.01. The Morgan fingerprint density at radius 3 is 2.65 bits per heavy atom. The zero-order valence-corrected chi connectivity index (χ0v) is 12.4. The lowest BCUT2D eigenvalue weighted by molar-refractivity contribution is 0.341. The number of nitrogens with zero attached hydrogens (tertiary/aromatic N) is 1. The van der Waals surface area contributed by atoms with Gasteiger partial charge in [-0.1, -0.05) is 26.0 Å². The van der Waals surface area contributed by atoms with Crippen molar-refractivity contribution in [1.82, 2.24) is 9.97 Å². The van der Waals surface area contributed by atoms with Gasteiger partial charge in [-0.15, -0.1) is 0 Å². The first-order valence-electron chi connectivity index (χ1n) is 6.87. The fourth-order valence-corrected chi connectivity index (χ4v) is 2.03. The SMILES string of the molecule is CCOc1ccccc1-c1nc(C(C)C)[nH]c(=O)c1C. The monoisotopic (exact) mass is 272 g/mol. The molecule has 1 aromatic heterocycles. The molecule has 4 nitrogen and oxygen atoms in total. The third kappa shape index (κ3) is 2.74. The van der Waals surface area contributed by atoms with Gasteiger partial charge >= 0.3 is 0 Å². The molecule has 1 aromatic carbocycles. The van der Waals surface area contributed by atoms with Crippen molar-refractivity contribution in [1.29, 1.82) is 0 Å². The molecule has 0 fully saturated rings. The highest BCUT2D eigenvalue weighted by atomic mass is 16.5. The first kappa shape index (κ1) is 14.3. The molecule has 4 heteroatoms. The van der Waals surface area contributed by atoms with E-state index in [0.717, 1.165) is 11.3 Å². The molecule has 0 unspecified atom stereocenters. The molecule has 0 aliphatic rings. The Morgan fingerprint density at radius 1 is 1.30 bits per heavy atom. The molecule has 0 atom stereocenters. The molecular formula is C16H20N2O2. The third-order valence-corrected chi connectivity index (χ3v) is 3.16. The summed E-state index contributed by atoms with van der Waals surface area (Å²) in [4.78, 5) is 19.5. The van der Waals surface area contributed by atoms with Gasteiger partial charge in [0.05, 0.1) is 12.3 Å². The standard InChI is InChI=1S/C16H20N2O2/c1-5-20-13-9-7-6-8-12(13)14-11(4)16(19)18-15(17-14)10(2)3/h6-10H,5H2,1-4H3,(H,17,18,19). The van der Waals surface area contributed by atoms with E-state index in [0.29, 0.717) is 23.7 Å². The van der Waals surface area contributed by atoms with Gasteiger partial charge in [0.2, 0.25) is 0 Å². The molecule has 0 radical (unpaired) electrons. The van der Waals surface area contributed by atoms with Crippen molar-refractivity contribution in [3.63, 3.8) is 0 Å². The molecule has 2 aromatic rings. The zero-order chi connectivity index (χ0) is 14.7. The van der Waals surface area contributed by atoms with Gasteiger partial charge in [0.1, 0.15) is 11.6 Å². The van der Waals surface area contributed by atoms with Gasteiger partial charge < -0.3 is 9.72 Å². The molecule has 0 aliphatic heterocycles. The Balaban J connectivity index is 2.66. The molecule has 1 heterocycles. The summed E-state index contributed by atoms with van der Waals surface area (Å²) < 4.78 is 5.63. The van der Waals surface area contributed by atoms with Gasteiger partial charge in [-0.3, -0.25) is 4.79 Å². The summed E-state index contributed by atoms with van der Waals surface area (Å²) >= 11 is 0. The van der Waals surface area contributed by atoms with Crippen molar-refractivity contribution in [2.24, 2.45) is 0 Å². The maximum Gasteiger partial charge on any atom is 0.254 e. The van der Waals surface area contributed by atoms with Gasteiger partial charge in [-0.2, -0.15) is 0 Å². The van der Waals surface area contributed by atoms with Crippen LogP contribution in [0.5, 0.6) is 5.75 Å². The third-order valence-electron chi connectivity index (χ3n) is 3.16. The molecule has 0 bridgehead atoms. The van der Waals surface area contributed by atoms with E-state index in [2.05, 4.69) is 9.97 Å². The van der Waals surface area contributed by atoms with Crippen molar-refractivity contribution in [2.75, 3.05) is 6.61 Å². The number of hydrogen-bond donors (Lipinski definition) is 1. The smallest absolute Gasteiger partial charge is 0.254 e. The highest BCUT2D eigenvalue weighted by Gasteiger charge is 2.15. The minimum Gasteiger partial charge on any atom is -0.493 e. The Kier molecular flexibility index (Phi) is 4.23. The van der Waals surface area contributed by atoms with Crippen LogP contribution in [0, 0.1) is 6.92 Å². The molecule has 0 spiro atoms. The van der Waals surface area contributed by atoms with E-state index in [4.69, 9.17) is 4.74 Å². The van der Waals surface area contributed by atoms with Crippen LogP contribution < -0.4 is 10.3 Å². The largest absolute Gasteiger partial charge is 0.493 e. The van der Waals surface area contributed by atoms with E-state index in [1.165, 1.54) is 0 Å². The van der Waals surface area contributed by atoms with Crippen LogP contribution in [0.3, 0.4) is 0 Å². The van der Waals surface area contributed by atoms with E-state index in [-0.39, 0.29) is 11.5 Å². The van der Waals surface area contributed by atoms with Crippen LogP contribution in [0.4, 0.5) is 0 Å². The average Bonchev–Trinajstić information content (AvgIpc) is 2.43. The number of H-pyrrole nitrogens is 1. The molecule has 1 N–H and O–H groups in total. The van der Waals surface area contributed by atoms with E-state index in [1.54, 1.807) is 6.92 Å². The van der Waals surface area contributed by atoms with Crippen molar-refractivity contribution in [3.8, 4) is 17.0 Å². The van der Waals surface area contributed by atoms with Crippen molar-refractivity contribution >= 4 is 0 Å². The normalized spacial score (nSPS) is 10.8. The average molecular weight is 272 g/mol. The number of aromatic nitrogens is 2. The summed E-state index contributed by atoms with van der Waals surface area (Å²) in [6.07, 6.45) is 0. The Hall–Kier alpha value is -2.10. The first-order chi connectivity index (χ1) is 9.54. The number of para-hydroxylation sites is 1. The van der Waals surface area contributed by atoms with Crippen LogP contribution in [0.1, 0.15) is 38.1 Å². The summed E-state index contributed by atoms with van der Waals surface area (Å²) in [6, 6.07) is 7.68. The Morgan fingerprint density at radius 2 is 2.00 bits per heavy atom. The second kappa shape index (κ2) is 5.90. The van der Waals surface area contributed by atoms with Gasteiger partial charge in [0.15, 0.2) is 0 Å². The summed E-state index contributed by atoms with van der Waals surface area (Å²) in [5.74, 6) is 1.62. The summed E-state index contributed by atoms with van der Waals surface area (Å²) in [5, 5.41) is 0. The van der Waals surface area contributed by atoms with Gasteiger partial charge in [0, 0.05) is 17.0 Å². The first-order valence-corrected chi connectivity index (χ1v) is 6.87. The number of ether oxygens (including phenoxy) is 1. The van der Waals surface area contributed by atoms with E-state index >= 15 is 0 Å². The maximum absolute atomic E-state index is 12.1. The minimum atomic E-state index is -0.0926. The molecule has 106 valence electrons. The molecule has 0 saturated heterocycles. The maximum atomic E-state index is 12.1. The predicted octanol–water partition coefficient (Wildman–Crippen LogP) is 3.27. The lowest BCUT2D eigenvalue weighted by Crippen LogP contribution is -2.17. The number of hydrogen-bond acceptors (Lipinski definition) is 3. The Bertz CT molecular complexity index is 660. The summed E-state index contributed by atoms with van der Waals surface area (Å²) in [5.41, 5.74) is 2.08. The number of nitrogens with one attached hydrogen (secondary N) is 1. The number of rotatable bonds is 4. The molecule has 0 amide bonds. The lowest BCUT2D eigenvalue weighted by Gasteiger charge is -2.13. The molecule has 20 heavy (non-hydrogen) atoms. The highest BCUT2D eigenvalue weighted by molar-refractivity contribution is 5.69. The van der Waals surface area contributed by atoms with Crippen LogP contribution in [-0.2, 0) is 0 Å². The summed E-state index contributed by atoms with van der Waals surface area (Å²) in [7, 11) is 0. The van der Waals surface area contributed by atoms with Gasteiger partial charge in [-0.05, 0) is 26.0 Å². The van der Waals surface area contributed by atoms with Crippen LogP contribution in [-0.4, -0.2) is 16.6 Å². The van der Waals surface area contributed by atoms with Gasteiger partial charge in [0.25, 0.3) is 5.56 Å². The van der Waals surface area contributed by atoms with Crippen LogP contribution in [0.2, 0.25) is 0 Å². The Labute approximate surface area is 118 Å².